The Kier molecular flexibility index (Phi) is 5.11. The highest BCUT2D eigenvalue weighted by Gasteiger charge is 2.18. The highest BCUT2D eigenvalue weighted by atomic mass is 16.1. The number of aryl methyl sites for hydroxylation is 1. The van der Waals surface area contributed by atoms with Crippen LogP contribution >= 0.6 is 0 Å². The average molecular weight is 349 g/mol. The first-order valence-electron chi connectivity index (χ1n) is 8.69. The molecule has 1 aromatic carbocycles. The molecule has 1 N–H and O–H groups in total. The topological polar surface area (TPSA) is 72.7 Å². The average Bonchev–Trinajstić information content (AvgIpc) is 3.04. The number of anilines is 1. The third kappa shape index (κ3) is 3.79. The van der Waals surface area contributed by atoms with Gasteiger partial charge in [0.15, 0.2) is 11.6 Å². The van der Waals surface area contributed by atoms with E-state index in [0.717, 1.165) is 16.8 Å². The number of aromatic nitrogens is 4. The Morgan fingerprint density at radius 3 is 2.65 bits per heavy atom. The molecule has 1 amide bonds. The van der Waals surface area contributed by atoms with Crippen LogP contribution in [0.25, 0.3) is 5.82 Å². The van der Waals surface area contributed by atoms with E-state index < -0.39 is 0 Å². The third-order valence-corrected chi connectivity index (χ3v) is 4.27. The first-order valence-corrected chi connectivity index (χ1v) is 8.69. The zero-order chi connectivity index (χ0) is 18.7. The van der Waals surface area contributed by atoms with Crippen LogP contribution in [0.5, 0.6) is 0 Å². The summed E-state index contributed by atoms with van der Waals surface area (Å²) in [6.45, 7) is 8.08. The van der Waals surface area contributed by atoms with Crippen LogP contribution in [0, 0.1) is 13.8 Å². The van der Waals surface area contributed by atoms with E-state index >= 15 is 0 Å². The molecule has 0 aliphatic carbocycles. The summed E-state index contributed by atoms with van der Waals surface area (Å²) in [5, 5.41) is 7.51. The molecule has 0 saturated carbocycles. The molecule has 0 saturated heterocycles. The van der Waals surface area contributed by atoms with Gasteiger partial charge in [-0.3, -0.25) is 4.79 Å². The van der Waals surface area contributed by atoms with Crippen LogP contribution in [-0.4, -0.2) is 25.7 Å². The lowest BCUT2D eigenvalue weighted by atomic mass is 10.1. The van der Waals surface area contributed by atoms with E-state index in [2.05, 4.69) is 20.4 Å². The number of nitrogens with one attached hydrogen (secondary N) is 1. The van der Waals surface area contributed by atoms with E-state index in [0.29, 0.717) is 17.5 Å². The zero-order valence-electron chi connectivity index (χ0n) is 15.5. The molecule has 3 aromatic rings. The van der Waals surface area contributed by atoms with E-state index in [1.54, 1.807) is 10.9 Å². The smallest absolute Gasteiger partial charge is 0.232 e. The van der Waals surface area contributed by atoms with Crippen molar-refractivity contribution in [2.45, 2.75) is 40.0 Å². The minimum absolute atomic E-state index is 0.126. The summed E-state index contributed by atoms with van der Waals surface area (Å²) < 4.78 is 1.65. The molecule has 2 aromatic heterocycles. The molecule has 6 nitrogen and oxygen atoms in total. The van der Waals surface area contributed by atoms with Crippen molar-refractivity contribution in [3.05, 3.63) is 65.4 Å². The number of benzene rings is 1. The van der Waals surface area contributed by atoms with Crippen molar-refractivity contribution in [2.24, 2.45) is 0 Å². The highest BCUT2D eigenvalue weighted by molar-refractivity contribution is 5.92. The lowest BCUT2D eigenvalue weighted by Crippen LogP contribution is -2.18. The third-order valence-electron chi connectivity index (χ3n) is 4.27. The zero-order valence-corrected chi connectivity index (χ0v) is 15.5. The molecule has 0 radical (unpaired) electrons. The van der Waals surface area contributed by atoms with Gasteiger partial charge in [0.05, 0.1) is 6.42 Å². The quantitative estimate of drug-likeness (QED) is 0.764. The lowest BCUT2D eigenvalue weighted by molar-refractivity contribution is -0.115. The molecule has 0 fully saturated rings. The maximum absolute atomic E-state index is 12.6. The fourth-order valence-corrected chi connectivity index (χ4v) is 2.61. The van der Waals surface area contributed by atoms with Crippen LogP contribution < -0.4 is 5.32 Å². The second kappa shape index (κ2) is 7.47. The summed E-state index contributed by atoms with van der Waals surface area (Å²) in [6.07, 6.45) is 1.83. The Labute approximate surface area is 153 Å². The van der Waals surface area contributed by atoms with E-state index in [-0.39, 0.29) is 18.2 Å². The SMILES string of the molecule is Cc1cccc(NC(=O)Cc2nc(C(C)C)nn2-c2ccccn2)c1C. The fraction of sp³-hybridized carbons (Fsp3) is 0.300. The van der Waals surface area contributed by atoms with Gasteiger partial charge in [0.1, 0.15) is 5.82 Å². The van der Waals surface area contributed by atoms with Crippen molar-refractivity contribution < 1.29 is 4.79 Å². The van der Waals surface area contributed by atoms with E-state index in [1.807, 2.05) is 64.1 Å². The van der Waals surface area contributed by atoms with E-state index in [4.69, 9.17) is 0 Å². The number of amides is 1. The summed E-state index contributed by atoms with van der Waals surface area (Å²) in [5.41, 5.74) is 3.03. The molecule has 6 heteroatoms. The van der Waals surface area contributed by atoms with Crippen molar-refractivity contribution in [3.8, 4) is 5.82 Å². The largest absolute Gasteiger partial charge is 0.325 e. The first-order chi connectivity index (χ1) is 12.5. The Balaban J connectivity index is 1.87. The molecular formula is C20H23N5O. The fourth-order valence-electron chi connectivity index (χ4n) is 2.61. The standard InChI is InChI=1S/C20H23N5O/c1-13(2)20-23-18(25(24-20)17-10-5-6-11-21-17)12-19(26)22-16-9-7-8-14(3)15(16)4/h5-11,13H,12H2,1-4H3,(H,22,26). The van der Waals surface area contributed by atoms with Crippen LogP contribution in [0.3, 0.4) is 0 Å². The molecule has 0 spiro atoms. The van der Waals surface area contributed by atoms with E-state index in [9.17, 15) is 4.79 Å². The molecule has 3 rings (SSSR count). The van der Waals surface area contributed by atoms with Crippen LogP contribution in [0.4, 0.5) is 5.69 Å². The van der Waals surface area contributed by atoms with Crippen molar-refractivity contribution in [1.29, 1.82) is 0 Å². The molecule has 26 heavy (non-hydrogen) atoms. The molecule has 0 aliphatic rings. The summed E-state index contributed by atoms with van der Waals surface area (Å²) >= 11 is 0. The Hall–Kier alpha value is -3.02. The number of nitrogens with zero attached hydrogens (tertiary/aromatic N) is 4. The minimum Gasteiger partial charge on any atom is -0.325 e. The number of hydrogen-bond acceptors (Lipinski definition) is 4. The molecule has 2 heterocycles. The van der Waals surface area contributed by atoms with Gasteiger partial charge in [-0.25, -0.2) is 9.97 Å². The molecule has 0 unspecified atom stereocenters. The molecule has 0 atom stereocenters. The summed E-state index contributed by atoms with van der Waals surface area (Å²) in [7, 11) is 0. The van der Waals surface area contributed by atoms with Crippen LogP contribution in [0.15, 0.2) is 42.6 Å². The normalized spacial score (nSPS) is 11.0. The van der Waals surface area contributed by atoms with Gasteiger partial charge < -0.3 is 5.32 Å². The Morgan fingerprint density at radius 2 is 1.96 bits per heavy atom. The Bertz CT molecular complexity index is 915. The van der Waals surface area contributed by atoms with Gasteiger partial charge in [0.2, 0.25) is 5.91 Å². The van der Waals surface area contributed by atoms with Gasteiger partial charge in [0, 0.05) is 17.8 Å². The van der Waals surface area contributed by atoms with Gasteiger partial charge >= 0.3 is 0 Å². The molecular weight excluding hydrogens is 326 g/mol. The maximum Gasteiger partial charge on any atom is 0.232 e. The van der Waals surface area contributed by atoms with Crippen molar-refractivity contribution >= 4 is 11.6 Å². The van der Waals surface area contributed by atoms with E-state index in [1.165, 1.54) is 0 Å². The molecule has 0 aliphatic heterocycles. The van der Waals surface area contributed by atoms with Crippen LogP contribution in [0.1, 0.15) is 42.5 Å². The van der Waals surface area contributed by atoms with Gasteiger partial charge in [-0.1, -0.05) is 32.0 Å². The summed E-state index contributed by atoms with van der Waals surface area (Å²) in [6, 6.07) is 11.5. The highest BCUT2D eigenvalue weighted by Crippen LogP contribution is 2.19. The predicted molar refractivity (Wildman–Crippen MR) is 101 cm³/mol. The molecule has 134 valence electrons. The first kappa shape index (κ1) is 17.8. The number of carbonyl (C=O) groups excluding carboxylic acids is 1. The van der Waals surface area contributed by atoms with Gasteiger partial charge in [-0.2, -0.15) is 4.68 Å². The van der Waals surface area contributed by atoms with Crippen molar-refractivity contribution in [1.82, 2.24) is 19.7 Å². The number of carbonyl (C=O) groups is 1. The number of rotatable bonds is 5. The van der Waals surface area contributed by atoms with Crippen molar-refractivity contribution in [3.63, 3.8) is 0 Å². The summed E-state index contributed by atoms with van der Waals surface area (Å²) in [5.74, 6) is 1.97. The second-order valence-corrected chi connectivity index (χ2v) is 6.61. The minimum atomic E-state index is -0.126. The van der Waals surface area contributed by atoms with Crippen LogP contribution in [0.2, 0.25) is 0 Å². The number of pyridine rings is 1. The number of hydrogen-bond donors (Lipinski definition) is 1. The van der Waals surface area contributed by atoms with Gasteiger partial charge in [-0.15, -0.1) is 5.10 Å². The van der Waals surface area contributed by atoms with Crippen molar-refractivity contribution in [2.75, 3.05) is 5.32 Å². The van der Waals surface area contributed by atoms with Gasteiger partial charge in [0.25, 0.3) is 0 Å². The second-order valence-electron chi connectivity index (χ2n) is 6.61. The summed E-state index contributed by atoms with van der Waals surface area (Å²) in [4.78, 5) is 21.5. The predicted octanol–water partition coefficient (Wildman–Crippen LogP) is 3.58. The lowest BCUT2D eigenvalue weighted by Gasteiger charge is -2.10. The van der Waals surface area contributed by atoms with Gasteiger partial charge in [-0.05, 0) is 43.2 Å². The monoisotopic (exact) mass is 349 g/mol. The van der Waals surface area contributed by atoms with Crippen LogP contribution in [-0.2, 0) is 11.2 Å². The molecule has 0 bridgehead atoms. The Morgan fingerprint density at radius 1 is 1.15 bits per heavy atom. The maximum atomic E-state index is 12.6.